The first-order chi connectivity index (χ1) is 9.63. The van der Waals surface area contributed by atoms with E-state index in [0.717, 1.165) is 24.3 Å². The van der Waals surface area contributed by atoms with Crippen LogP contribution in [0.3, 0.4) is 0 Å². The fourth-order valence-corrected chi connectivity index (χ4v) is 2.53. The Balaban J connectivity index is 3.01. The Bertz CT molecular complexity index is 667. The minimum absolute atomic E-state index is 0.361. The summed E-state index contributed by atoms with van der Waals surface area (Å²) < 4.78 is 25.3. The maximum Gasteiger partial charge on any atom is 0.269 e. The molecule has 11 heteroatoms. The third-order valence-corrected chi connectivity index (χ3v) is 3.80. The normalized spacial score (nSPS) is 12.6. The summed E-state index contributed by atoms with van der Waals surface area (Å²) in [6.07, 6.45) is -1.12. The number of nitrogens with one attached hydrogen (secondary N) is 1. The molecule has 0 aliphatic rings. The zero-order valence-corrected chi connectivity index (χ0v) is 11.0. The molecule has 21 heavy (non-hydrogen) atoms. The molecule has 0 fully saturated rings. The van der Waals surface area contributed by atoms with E-state index in [9.17, 15) is 38.3 Å². The molecule has 0 aromatic heterocycles. The molecule has 1 aromatic carbocycles. The maximum atomic E-state index is 11.8. The number of nitro groups is 1. The second-order valence-corrected chi connectivity index (χ2v) is 5.53. The van der Waals surface area contributed by atoms with E-state index in [2.05, 4.69) is 0 Å². The third kappa shape index (κ3) is 4.50. The summed E-state index contributed by atoms with van der Waals surface area (Å²) in [4.78, 5) is 30.2. The molecule has 0 saturated carbocycles. The number of non-ortho nitro benzene ring substituents is 1. The smallest absolute Gasteiger partial charge is 0.269 e. The number of carboxylic acid groups (broad SMARTS) is 2. The van der Waals surface area contributed by atoms with Crippen molar-refractivity contribution < 1.29 is 33.1 Å². The Hall–Kier alpha value is -2.53. The van der Waals surface area contributed by atoms with Gasteiger partial charge in [0, 0.05) is 24.5 Å². The van der Waals surface area contributed by atoms with Crippen molar-refractivity contribution in [1.29, 1.82) is 0 Å². The van der Waals surface area contributed by atoms with Crippen molar-refractivity contribution >= 4 is 27.6 Å². The fraction of sp³-hybridized carbons (Fsp3) is 0.200. The molecule has 0 saturated heterocycles. The Kier molecular flexibility index (Phi) is 4.94. The summed E-state index contributed by atoms with van der Waals surface area (Å²) >= 11 is 0. The Labute approximate surface area is 118 Å². The number of hydrogen-bond donors (Lipinski definition) is 1. The van der Waals surface area contributed by atoms with Gasteiger partial charge in [-0.25, -0.2) is 13.1 Å². The Morgan fingerprint density at radius 1 is 1.19 bits per heavy atom. The zero-order valence-electron chi connectivity index (χ0n) is 10.2. The van der Waals surface area contributed by atoms with Gasteiger partial charge in [0.1, 0.15) is 0 Å². The second kappa shape index (κ2) is 6.28. The number of nitrogens with zero attached hydrogens (tertiary/aromatic N) is 1. The van der Waals surface area contributed by atoms with E-state index in [-0.39, 0.29) is 5.69 Å². The van der Waals surface area contributed by atoms with E-state index in [0.29, 0.717) is 0 Å². The van der Waals surface area contributed by atoms with Crippen LogP contribution in [0.1, 0.15) is 6.42 Å². The van der Waals surface area contributed by atoms with Crippen LogP contribution in [0.2, 0.25) is 0 Å². The highest BCUT2D eigenvalue weighted by Gasteiger charge is 2.21. The Morgan fingerprint density at radius 3 is 2.10 bits per heavy atom. The van der Waals surface area contributed by atoms with Crippen molar-refractivity contribution in [3.05, 3.63) is 34.4 Å². The molecule has 1 atom stereocenters. The molecule has 0 spiro atoms. The average molecular weight is 316 g/mol. The molecule has 0 unspecified atom stereocenters. The fourth-order valence-electron chi connectivity index (χ4n) is 1.34. The number of sulfonamides is 1. The summed E-state index contributed by atoms with van der Waals surface area (Å²) in [5, 5.41) is 31.4. The number of rotatable bonds is 7. The highest BCUT2D eigenvalue weighted by atomic mass is 32.2. The van der Waals surface area contributed by atoms with Crippen molar-refractivity contribution in [2.75, 3.05) is 0 Å². The first kappa shape index (κ1) is 16.5. The summed E-state index contributed by atoms with van der Waals surface area (Å²) in [5.41, 5.74) is -0.361. The molecule has 10 nitrogen and oxygen atoms in total. The molecule has 0 radical (unpaired) electrons. The molecule has 1 N–H and O–H groups in total. The standard InChI is InChI=1S/C10H10N2O8S/c13-9(14)5-8(10(15)16)11-21(19,20)7-3-1-6(2-4-7)12(17)18/h1-4,8,11H,5H2,(H,13,14)(H,15,16)/p-2/t8-/m1/s1. The van der Waals surface area contributed by atoms with Gasteiger partial charge in [-0.3, -0.25) is 10.1 Å². The molecule has 0 amide bonds. The monoisotopic (exact) mass is 316 g/mol. The second-order valence-electron chi connectivity index (χ2n) is 3.82. The first-order valence-electron chi connectivity index (χ1n) is 5.31. The van der Waals surface area contributed by atoms with E-state index in [1.165, 1.54) is 0 Å². The van der Waals surface area contributed by atoms with E-state index >= 15 is 0 Å². The van der Waals surface area contributed by atoms with E-state index in [1.807, 2.05) is 0 Å². The maximum absolute atomic E-state index is 11.8. The highest BCUT2D eigenvalue weighted by molar-refractivity contribution is 7.89. The van der Waals surface area contributed by atoms with Crippen LogP contribution in [-0.4, -0.2) is 31.3 Å². The van der Waals surface area contributed by atoms with Crippen LogP contribution in [0.15, 0.2) is 29.2 Å². The van der Waals surface area contributed by atoms with Gasteiger partial charge in [0.05, 0.1) is 21.8 Å². The summed E-state index contributed by atoms with van der Waals surface area (Å²) in [7, 11) is -4.38. The molecule has 0 bridgehead atoms. The molecule has 0 aliphatic carbocycles. The first-order valence-corrected chi connectivity index (χ1v) is 6.79. The molecule has 114 valence electrons. The number of benzene rings is 1. The molecule has 0 heterocycles. The number of carbonyl (C=O) groups is 2. The molecule has 0 aliphatic heterocycles. The summed E-state index contributed by atoms with van der Waals surface area (Å²) in [6.45, 7) is 0. The van der Waals surface area contributed by atoms with Crippen LogP contribution in [0.5, 0.6) is 0 Å². The van der Waals surface area contributed by atoms with Crippen LogP contribution in [-0.2, 0) is 19.6 Å². The number of carboxylic acids is 2. The lowest BCUT2D eigenvalue weighted by Crippen LogP contribution is -2.50. The van der Waals surface area contributed by atoms with Crippen LogP contribution < -0.4 is 14.9 Å². The van der Waals surface area contributed by atoms with Crippen molar-refractivity contribution in [1.82, 2.24) is 4.72 Å². The van der Waals surface area contributed by atoms with Gasteiger partial charge < -0.3 is 19.8 Å². The zero-order chi connectivity index (χ0) is 16.2. The van der Waals surface area contributed by atoms with Gasteiger partial charge in [-0.05, 0) is 12.1 Å². The number of aliphatic carboxylic acids is 2. The molecule has 1 rings (SSSR count). The van der Waals surface area contributed by atoms with Gasteiger partial charge >= 0.3 is 0 Å². The van der Waals surface area contributed by atoms with Gasteiger partial charge in [-0.15, -0.1) is 0 Å². The van der Waals surface area contributed by atoms with Crippen LogP contribution in [0, 0.1) is 10.1 Å². The van der Waals surface area contributed by atoms with Gasteiger partial charge in [0.25, 0.3) is 5.69 Å². The van der Waals surface area contributed by atoms with Crippen LogP contribution in [0.25, 0.3) is 0 Å². The highest BCUT2D eigenvalue weighted by Crippen LogP contribution is 2.16. The topological polar surface area (TPSA) is 170 Å². The quantitative estimate of drug-likeness (QED) is 0.413. The summed E-state index contributed by atoms with van der Waals surface area (Å²) in [5.74, 6) is -3.72. The largest absolute Gasteiger partial charge is 0.550 e. The number of nitro benzene ring substituents is 1. The lowest BCUT2D eigenvalue weighted by atomic mass is 10.2. The van der Waals surface area contributed by atoms with Crippen molar-refractivity contribution in [2.45, 2.75) is 17.4 Å². The minimum Gasteiger partial charge on any atom is -0.550 e. The van der Waals surface area contributed by atoms with Crippen LogP contribution in [0.4, 0.5) is 5.69 Å². The summed E-state index contributed by atoms with van der Waals surface area (Å²) in [6, 6.07) is 1.55. The van der Waals surface area contributed by atoms with Crippen molar-refractivity contribution in [2.24, 2.45) is 0 Å². The number of hydrogen-bond acceptors (Lipinski definition) is 8. The van der Waals surface area contributed by atoms with Gasteiger partial charge in [0.2, 0.25) is 10.0 Å². The lowest BCUT2D eigenvalue weighted by molar-refractivity contribution is -0.384. The average Bonchev–Trinajstić information content (AvgIpc) is 2.37. The van der Waals surface area contributed by atoms with E-state index in [4.69, 9.17) is 0 Å². The number of carbonyl (C=O) groups excluding carboxylic acids is 2. The van der Waals surface area contributed by atoms with Gasteiger partial charge in [-0.1, -0.05) is 0 Å². The van der Waals surface area contributed by atoms with Gasteiger partial charge in [0.15, 0.2) is 0 Å². The lowest BCUT2D eigenvalue weighted by Gasteiger charge is -2.19. The van der Waals surface area contributed by atoms with E-state index < -0.39 is 44.2 Å². The SMILES string of the molecule is O=C([O-])C[C@@H](NS(=O)(=O)c1ccc([N+](=O)[O-])cc1)C(=O)[O-]. The predicted molar refractivity (Wildman–Crippen MR) is 61.8 cm³/mol. The predicted octanol–water partition coefficient (Wildman–Crippen LogP) is -2.87. The molecule has 1 aromatic rings. The van der Waals surface area contributed by atoms with Crippen LogP contribution >= 0.6 is 0 Å². The Morgan fingerprint density at radius 2 is 1.71 bits per heavy atom. The van der Waals surface area contributed by atoms with Crippen molar-refractivity contribution in [3.8, 4) is 0 Å². The molecular formula is C10H8N2O8S-2. The third-order valence-electron chi connectivity index (χ3n) is 2.31. The molecular weight excluding hydrogens is 308 g/mol. The minimum atomic E-state index is -4.38. The van der Waals surface area contributed by atoms with Gasteiger partial charge in [-0.2, -0.15) is 0 Å². The van der Waals surface area contributed by atoms with E-state index in [1.54, 1.807) is 4.72 Å². The van der Waals surface area contributed by atoms with Crippen molar-refractivity contribution in [3.63, 3.8) is 0 Å².